The van der Waals surface area contributed by atoms with Gasteiger partial charge in [-0.15, -0.1) is 0 Å². The fourth-order valence-corrected chi connectivity index (χ4v) is 4.01. The highest BCUT2D eigenvalue weighted by Crippen LogP contribution is 2.28. The summed E-state index contributed by atoms with van der Waals surface area (Å²) in [6.45, 7) is 8.68. The lowest BCUT2D eigenvalue weighted by Crippen LogP contribution is -2.30. The molecule has 0 spiro atoms. The fraction of sp³-hybridized carbons (Fsp3) is 0.444. The number of carbonyl (C=O) groups excluding carboxylic acids is 2. The fourth-order valence-electron chi connectivity index (χ4n) is 3.78. The zero-order chi connectivity index (χ0) is 24.8. The van der Waals surface area contributed by atoms with Gasteiger partial charge in [0.15, 0.2) is 5.78 Å². The predicted molar refractivity (Wildman–Crippen MR) is 135 cm³/mol. The number of carbonyl (C=O) groups is 2. The number of amides is 1. The Labute approximate surface area is 206 Å². The van der Waals surface area contributed by atoms with Crippen LogP contribution >= 0.6 is 11.6 Å². The van der Waals surface area contributed by atoms with Crippen LogP contribution < -0.4 is 10.1 Å². The zero-order valence-electron chi connectivity index (χ0n) is 20.4. The first kappa shape index (κ1) is 25.8. The quantitative estimate of drug-likeness (QED) is 0.475. The average molecular weight is 485 g/mol. The van der Waals surface area contributed by atoms with Crippen molar-refractivity contribution in [1.29, 1.82) is 0 Å². The van der Waals surface area contributed by atoms with Gasteiger partial charge in [-0.05, 0) is 62.1 Å². The molecular formula is C27H33ClN2O4. The molecule has 0 aromatic heterocycles. The molecule has 6 nitrogen and oxygen atoms in total. The Balaban J connectivity index is 1.69. The number of hydrogen-bond donors (Lipinski definition) is 1. The first-order valence-electron chi connectivity index (χ1n) is 11.7. The number of hydrogen-bond acceptors (Lipinski definition) is 5. The lowest BCUT2D eigenvalue weighted by Gasteiger charge is -2.16. The van der Waals surface area contributed by atoms with Crippen LogP contribution in [-0.4, -0.2) is 43.4 Å². The molecule has 34 heavy (non-hydrogen) atoms. The van der Waals surface area contributed by atoms with Crippen molar-refractivity contribution in [3.05, 3.63) is 64.2 Å². The maximum Gasteiger partial charge on any atom is 0.223 e. The molecule has 1 heterocycles. The molecule has 0 bridgehead atoms. The number of ether oxygens (including phenoxy) is 2. The summed E-state index contributed by atoms with van der Waals surface area (Å²) in [7, 11) is 1.58. The second-order valence-electron chi connectivity index (χ2n) is 9.21. The Hall–Kier alpha value is -2.86. The van der Waals surface area contributed by atoms with Gasteiger partial charge in [0.1, 0.15) is 12.4 Å². The second kappa shape index (κ2) is 11.5. The highest BCUT2D eigenvalue weighted by Gasteiger charge is 2.25. The van der Waals surface area contributed by atoms with Crippen LogP contribution in [-0.2, 0) is 16.0 Å². The lowest BCUT2D eigenvalue weighted by molar-refractivity contribution is -0.124. The van der Waals surface area contributed by atoms with Crippen molar-refractivity contribution in [2.24, 2.45) is 16.8 Å². The van der Waals surface area contributed by atoms with E-state index < -0.39 is 5.92 Å². The lowest BCUT2D eigenvalue weighted by atomic mass is 9.91. The van der Waals surface area contributed by atoms with Crippen LogP contribution in [0.2, 0.25) is 5.02 Å². The molecule has 2 atom stereocenters. The second-order valence-corrected chi connectivity index (χ2v) is 9.62. The first-order valence-corrected chi connectivity index (χ1v) is 12.1. The minimum absolute atomic E-state index is 0.0213. The van der Waals surface area contributed by atoms with E-state index in [1.165, 1.54) is 0 Å². The van der Waals surface area contributed by atoms with Gasteiger partial charge in [-0.2, -0.15) is 0 Å². The molecule has 1 N–H and O–H groups in total. The van der Waals surface area contributed by atoms with E-state index in [9.17, 15) is 9.59 Å². The summed E-state index contributed by atoms with van der Waals surface area (Å²) in [5, 5.41) is 3.06. The maximum atomic E-state index is 13.0. The molecule has 0 aliphatic carbocycles. The standard InChI is InChI=1S/C27H33ClN2O4/c1-16(2)23-15-33-27(30-23)19-8-6-18(7-9-19)12-21(26(32)29-5)14-24(31)20-10-11-25(22(28)13-20)34-17(3)4/h6-11,13,16-17,21,23H,12,14-15H2,1-5H3,(H,29,32)/t21-,23?/m1/s1. The van der Waals surface area contributed by atoms with Gasteiger partial charge >= 0.3 is 0 Å². The van der Waals surface area contributed by atoms with E-state index in [4.69, 9.17) is 21.1 Å². The first-order chi connectivity index (χ1) is 16.2. The number of Topliss-reactive ketones (excluding diaryl/α,β-unsaturated/α-hetero) is 1. The Bertz CT molecular complexity index is 1050. The van der Waals surface area contributed by atoms with E-state index in [0.717, 1.165) is 11.1 Å². The third-order valence-electron chi connectivity index (χ3n) is 5.79. The molecule has 1 aliphatic heterocycles. The molecule has 7 heteroatoms. The van der Waals surface area contributed by atoms with E-state index in [-0.39, 0.29) is 30.3 Å². The van der Waals surface area contributed by atoms with Crippen molar-refractivity contribution in [2.45, 2.75) is 52.7 Å². The summed E-state index contributed by atoms with van der Waals surface area (Å²) >= 11 is 6.29. The number of halogens is 1. The van der Waals surface area contributed by atoms with E-state index >= 15 is 0 Å². The summed E-state index contributed by atoms with van der Waals surface area (Å²) in [6.07, 6.45) is 0.497. The van der Waals surface area contributed by atoms with Gasteiger partial charge in [0.05, 0.1) is 17.2 Å². The van der Waals surface area contributed by atoms with Crippen LogP contribution in [0.25, 0.3) is 0 Å². The Morgan fingerprint density at radius 1 is 1.15 bits per heavy atom. The van der Waals surface area contributed by atoms with Crippen molar-refractivity contribution >= 4 is 29.2 Å². The molecule has 0 saturated heterocycles. The van der Waals surface area contributed by atoms with Gasteiger partial charge < -0.3 is 14.8 Å². The monoisotopic (exact) mass is 484 g/mol. The smallest absolute Gasteiger partial charge is 0.223 e. The molecule has 1 unspecified atom stereocenters. The van der Waals surface area contributed by atoms with Gasteiger partial charge in [0.2, 0.25) is 11.8 Å². The topological polar surface area (TPSA) is 77.0 Å². The highest BCUT2D eigenvalue weighted by molar-refractivity contribution is 6.32. The van der Waals surface area contributed by atoms with Crippen molar-refractivity contribution in [2.75, 3.05) is 13.7 Å². The molecule has 2 aromatic carbocycles. The maximum absolute atomic E-state index is 13.0. The van der Waals surface area contributed by atoms with Gasteiger partial charge in [-0.25, -0.2) is 4.99 Å². The molecule has 3 rings (SSSR count). The molecule has 2 aromatic rings. The number of ketones is 1. The van der Waals surface area contributed by atoms with Gasteiger partial charge in [0.25, 0.3) is 0 Å². The third-order valence-corrected chi connectivity index (χ3v) is 6.09. The summed E-state index contributed by atoms with van der Waals surface area (Å²) in [4.78, 5) is 30.2. The third kappa shape index (κ3) is 6.60. The average Bonchev–Trinajstić information content (AvgIpc) is 3.30. The molecule has 182 valence electrons. The summed E-state index contributed by atoms with van der Waals surface area (Å²) in [5.41, 5.74) is 2.34. The van der Waals surface area contributed by atoms with Crippen LogP contribution in [0.15, 0.2) is 47.5 Å². The van der Waals surface area contributed by atoms with Crippen LogP contribution in [0.4, 0.5) is 0 Å². The SMILES string of the molecule is CNC(=O)[C@@H](CC(=O)c1ccc(OC(C)C)c(Cl)c1)Cc1ccc(C2=NC(C(C)C)CO2)cc1. The van der Waals surface area contributed by atoms with Crippen molar-refractivity contribution in [3.8, 4) is 5.75 Å². The Kier molecular flexibility index (Phi) is 8.72. The largest absolute Gasteiger partial charge is 0.489 e. The molecule has 0 saturated carbocycles. The van der Waals surface area contributed by atoms with Crippen molar-refractivity contribution in [1.82, 2.24) is 5.32 Å². The molecule has 1 aliphatic rings. The number of nitrogens with zero attached hydrogens (tertiary/aromatic N) is 1. The van der Waals surface area contributed by atoms with Crippen LogP contribution in [0.3, 0.4) is 0 Å². The molecule has 1 amide bonds. The molecule has 0 fully saturated rings. The summed E-state index contributed by atoms with van der Waals surface area (Å²) in [5.74, 6) is 0.801. The number of benzene rings is 2. The van der Waals surface area contributed by atoms with E-state index in [1.54, 1.807) is 25.2 Å². The van der Waals surface area contributed by atoms with E-state index in [2.05, 4.69) is 24.2 Å². The summed E-state index contributed by atoms with van der Waals surface area (Å²) < 4.78 is 11.4. The van der Waals surface area contributed by atoms with Crippen molar-refractivity contribution in [3.63, 3.8) is 0 Å². The zero-order valence-corrected chi connectivity index (χ0v) is 21.2. The van der Waals surface area contributed by atoms with E-state index in [1.807, 2.05) is 38.1 Å². The normalized spacial score (nSPS) is 16.2. The molecular weight excluding hydrogens is 452 g/mol. The Morgan fingerprint density at radius 2 is 1.85 bits per heavy atom. The van der Waals surface area contributed by atoms with Gasteiger partial charge in [0, 0.05) is 30.5 Å². The van der Waals surface area contributed by atoms with Crippen LogP contribution in [0, 0.1) is 11.8 Å². The predicted octanol–water partition coefficient (Wildman–Crippen LogP) is 5.11. The van der Waals surface area contributed by atoms with Crippen LogP contribution in [0.1, 0.15) is 55.6 Å². The van der Waals surface area contributed by atoms with Gasteiger partial charge in [-0.1, -0.05) is 37.6 Å². The number of nitrogens with one attached hydrogen (secondary N) is 1. The highest BCUT2D eigenvalue weighted by atomic mass is 35.5. The van der Waals surface area contributed by atoms with Crippen molar-refractivity contribution < 1.29 is 19.1 Å². The molecule has 0 radical (unpaired) electrons. The number of rotatable bonds is 10. The van der Waals surface area contributed by atoms with Crippen LogP contribution in [0.5, 0.6) is 5.75 Å². The minimum Gasteiger partial charge on any atom is -0.489 e. The Morgan fingerprint density at radius 3 is 2.41 bits per heavy atom. The van der Waals surface area contributed by atoms with Gasteiger partial charge in [-0.3, -0.25) is 9.59 Å². The number of aliphatic imine (C=N–C) groups is 1. The minimum atomic E-state index is -0.501. The van der Waals surface area contributed by atoms with E-state index in [0.29, 0.717) is 41.2 Å². The summed E-state index contributed by atoms with van der Waals surface area (Å²) in [6, 6.07) is 13.0.